The van der Waals surface area contributed by atoms with Crippen LogP contribution in [0.1, 0.15) is 31.2 Å². The first-order valence-corrected chi connectivity index (χ1v) is 9.10. The Balaban J connectivity index is 1.99. The summed E-state index contributed by atoms with van der Waals surface area (Å²) in [6.07, 6.45) is 2.99. The molecule has 0 aliphatic carbocycles. The monoisotopic (exact) mass is 390 g/mol. The number of aliphatic carboxylic acids is 1. The lowest BCUT2D eigenvalue weighted by Gasteiger charge is -2.22. The molecule has 5 N–H and O–H groups in total. The number of benzene rings is 1. The van der Waals surface area contributed by atoms with E-state index in [1.165, 1.54) is 12.1 Å². The van der Waals surface area contributed by atoms with E-state index < -0.39 is 30.0 Å². The van der Waals surface area contributed by atoms with Crippen molar-refractivity contribution in [3.63, 3.8) is 0 Å². The summed E-state index contributed by atoms with van der Waals surface area (Å²) < 4.78 is 0. The van der Waals surface area contributed by atoms with E-state index in [0.29, 0.717) is 18.5 Å². The number of phenols is 1. The summed E-state index contributed by atoms with van der Waals surface area (Å²) in [5.41, 5.74) is 0.702. The van der Waals surface area contributed by atoms with Gasteiger partial charge in [0.25, 0.3) is 0 Å². The molecule has 1 saturated heterocycles. The lowest BCUT2D eigenvalue weighted by Crippen LogP contribution is -2.53. The van der Waals surface area contributed by atoms with Crippen LogP contribution in [0.15, 0.2) is 24.3 Å². The number of amides is 2. The summed E-state index contributed by atoms with van der Waals surface area (Å²) in [5.74, 6) is -2.02. The lowest BCUT2D eigenvalue weighted by molar-refractivity contribution is -0.138. The van der Waals surface area contributed by atoms with Crippen LogP contribution in [0.25, 0.3) is 0 Å². The maximum absolute atomic E-state index is 12.6. The van der Waals surface area contributed by atoms with Gasteiger partial charge in [-0.15, -0.1) is 0 Å². The molecule has 28 heavy (non-hydrogen) atoms. The molecule has 151 valence electrons. The summed E-state index contributed by atoms with van der Waals surface area (Å²) in [4.78, 5) is 47.0. The van der Waals surface area contributed by atoms with E-state index >= 15 is 0 Å². The molecular weight excluding hydrogens is 366 g/mol. The van der Waals surface area contributed by atoms with Crippen molar-refractivity contribution in [2.75, 3.05) is 6.54 Å². The average molecular weight is 390 g/mol. The first-order valence-electron chi connectivity index (χ1n) is 9.10. The molecule has 2 rings (SSSR count). The number of aromatic hydroxyl groups is 1. The Morgan fingerprint density at radius 3 is 2.50 bits per heavy atom. The van der Waals surface area contributed by atoms with Crippen molar-refractivity contribution in [3.05, 3.63) is 29.8 Å². The van der Waals surface area contributed by atoms with E-state index in [4.69, 9.17) is 5.11 Å². The van der Waals surface area contributed by atoms with E-state index in [2.05, 4.69) is 16.0 Å². The summed E-state index contributed by atoms with van der Waals surface area (Å²) >= 11 is 0. The SMILES string of the molecule is O=[C][C@H](Cc1ccc(O)cc1)NC(=O)[C@H](CCC(=O)O)NC(=O)[C@@H]1CCCN1. The molecule has 1 aromatic rings. The highest BCUT2D eigenvalue weighted by Crippen LogP contribution is 2.11. The normalized spacial score (nSPS) is 18.1. The van der Waals surface area contributed by atoms with Gasteiger partial charge >= 0.3 is 5.97 Å². The fraction of sp³-hybridized carbons (Fsp3) is 0.474. The van der Waals surface area contributed by atoms with Crippen molar-refractivity contribution in [1.29, 1.82) is 0 Å². The molecule has 9 heteroatoms. The van der Waals surface area contributed by atoms with Crippen LogP contribution >= 0.6 is 0 Å². The maximum Gasteiger partial charge on any atom is 0.303 e. The summed E-state index contributed by atoms with van der Waals surface area (Å²) in [7, 11) is 0. The number of hydrogen-bond acceptors (Lipinski definition) is 6. The standard InChI is InChI=1S/C19H24N3O6/c23-11-13(10-12-3-5-14(24)6-4-12)21-19(28)16(7-8-17(25)26)22-18(27)15-2-1-9-20-15/h3-6,13,15-16,20,24H,1-2,7-10H2,(H,21,28)(H,22,27)(H,25,26)/t13-,15-,16-/m0/s1. The highest BCUT2D eigenvalue weighted by Gasteiger charge is 2.28. The van der Waals surface area contributed by atoms with Gasteiger partial charge < -0.3 is 26.2 Å². The molecule has 1 aromatic carbocycles. The predicted octanol–water partition coefficient (Wildman–Crippen LogP) is -0.369. The molecule has 9 nitrogen and oxygen atoms in total. The molecule has 2 amide bonds. The third-order valence-electron chi connectivity index (χ3n) is 4.49. The minimum absolute atomic E-state index is 0.0800. The van der Waals surface area contributed by atoms with Crippen LogP contribution in [-0.4, -0.2) is 59.0 Å². The smallest absolute Gasteiger partial charge is 0.303 e. The Bertz CT molecular complexity index is 700. The zero-order chi connectivity index (χ0) is 20.5. The molecule has 0 spiro atoms. The zero-order valence-corrected chi connectivity index (χ0v) is 15.3. The first kappa shape index (κ1) is 21.4. The number of carboxylic acids is 1. The topological polar surface area (TPSA) is 145 Å². The predicted molar refractivity (Wildman–Crippen MR) is 99.3 cm³/mol. The number of nitrogens with one attached hydrogen (secondary N) is 3. The van der Waals surface area contributed by atoms with Crippen LogP contribution in [0.4, 0.5) is 0 Å². The molecule has 0 bridgehead atoms. The van der Waals surface area contributed by atoms with Gasteiger partial charge in [0.1, 0.15) is 11.8 Å². The fourth-order valence-corrected chi connectivity index (χ4v) is 2.98. The third kappa shape index (κ3) is 6.66. The molecular formula is C19H24N3O6. The van der Waals surface area contributed by atoms with Crippen LogP contribution in [-0.2, 0) is 25.6 Å². The number of carbonyl (C=O) groups excluding carboxylic acids is 3. The van der Waals surface area contributed by atoms with Crippen LogP contribution in [0, 0.1) is 0 Å². The van der Waals surface area contributed by atoms with Crippen molar-refractivity contribution < 1.29 is 29.4 Å². The van der Waals surface area contributed by atoms with Crippen LogP contribution in [0.2, 0.25) is 0 Å². The first-order chi connectivity index (χ1) is 13.4. The van der Waals surface area contributed by atoms with Crippen molar-refractivity contribution in [2.45, 2.75) is 50.2 Å². The Labute approximate surface area is 162 Å². The Morgan fingerprint density at radius 1 is 1.21 bits per heavy atom. The Morgan fingerprint density at radius 2 is 1.93 bits per heavy atom. The lowest BCUT2D eigenvalue weighted by atomic mass is 10.0. The van der Waals surface area contributed by atoms with E-state index in [9.17, 15) is 24.3 Å². The van der Waals surface area contributed by atoms with E-state index in [0.717, 1.165) is 6.42 Å². The summed E-state index contributed by atoms with van der Waals surface area (Å²) in [5, 5.41) is 26.3. The Kier molecular flexibility index (Phi) is 7.94. The molecule has 1 aliphatic rings. The van der Waals surface area contributed by atoms with Crippen molar-refractivity contribution >= 4 is 24.1 Å². The summed E-state index contributed by atoms with van der Waals surface area (Å²) in [6, 6.07) is 3.70. The second kappa shape index (κ2) is 10.4. The number of phenolic OH excluding ortho intramolecular Hbond substituents is 1. The van der Waals surface area contributed by atoms with E-state index in [1.807, 2.05) is 0 Å². The number of carboxylic acid groups (broad SMARTS) is 1. The largest absolute Gasteiger partial charge is 0.508 e. The van der Waals surface area contributed by atoms with Crippen LogP contribution < -0.4 is 16.0 Å². The van der Waals surface area contributed by atoms with Crippen LogP contribution in [0.3, 0.4) is 0 Å². The van der Waals surface area contributed by atoms with Gasteiger partial charge in [0.2, 0.25) is 18.1 Å². The molecule has 1 fully saturated rings. The number of rotatable bonds is 10. The van der Waals surface area contributed by atoms with Gasteiger partial charge in [0, 0.05) is 12.8 Å². The highest BCUT2D eigenvalue weighted by atomic mass is 16.4. The van der Waals surface area contributed by atoms with Crippen LogP contribution in [0.5, 0.6) is 5.75 Å². The van der Waals surface area contributed by atoms with Gasteiger partial charge in [-0.2, -0.15) is 0 Å². The highest BCUT2D eigenvalue weighted by molar-refractivity contribution is 5.91. The Hall–Kier alpha value is -2.94. The van der Waals surface area contributed by atoms with Gasteiger partial charge in [0.05, 0.1) is 12.1 Å². The van der Waals surface area contributed by atoms with Gasteiger partial charge in [0.15, 0.2) is 0 Å². The second-order valence-electron chi connectivity index (χ2n) is 6.69. The van der Waals surface area contributed by atoms with E-state index in [1.54, 1.807) is 18.4 Å². The molecule has 1 radical (unpaired) electrons. The van der Waals surface area contributed by atoms with E-state index in [-0.39, 0.29) is 30.9 Å². The fourth-order valence-electron chi connectivity index (χ4n) is 2.98. The van der Waals surface area contributed by atoms with Gasteiger partial charge in [-0.25, -0.2) is 0 Å². The molecule has 1 heterocycles. The van der Waals surface area contributed by atoms with Gasteiger partial charge in [-0.3, -0.25) is 19.2 Å². The number of hydrogen-bond donors (Lipinski definition) is 5. The van der Waals surface area contributed by atoms with Gasteiger partial charge in [-0.1, -0.05) is 12.1 Å². The molecule has 0 aromatic heterocycles. The number of carbonyl (C=O) groups is 3. The second-order valence-corrected chi connectivity index (χ2v) is 6.69. The zero-order valence-electron chi connectivity index (χ0n) is 15.3. The average Bonchev–Trinajstić information content (AvgIpc) is 3.20. The quantitative estimate of drug-likeness (QED) is 0.366. The minimum atomic E-state index is -1.09. The van der Waals surface area contributed by atoms with Gasteiger partial charge in [-0.05, 0) is 43.5 Å². The molecule has 3 atom stereocenters. The van der Waals surface area contributed by atoms with Crippen molar-refractivity contribution in [2.24, 2.45) is 0 Å². The van der Waals surface area contributed by atoms with Crippen molar-refractivity contribution in [1.82, 2.24) is 16.0 Å². The molecule has 0 saturated carbocycles. The molecule has 1 aliphatic heterocycles. The summed E-state index contributed by atoms with van der Waals surface area (Å²) in [6.45, 7) is 0.707. The van der Waals surface area contributed by atoms with Crippen molar-refractivity contribution in [3.8, 4) is 5.75 Å². The minimum Gasteiger partial charge on any atom is -0.508 e. The molecule has 0 unspecified atom stereocenters. The maximum atomic E-state index is 12.6. The third-order valence-corrected chi connectivity index (χ3v) is 4.49.